The lowest BCUT2D eigenvalue weighted by Gasteiger charge is -2.33. The van der Waals surface area contributed by atoms with Crippen molar-refractivity contribution in [1.29, 1.82) is 0 Å². The van der Waals surface area contributed by atoms with E-state index in [1.807, 2.05) is 30.3 Å². The number of carbonyl (C=O) groups is 2. The minimum Gasteiger partial charge on any atom is -0.480 e. The van der Waals surface area contributed by atoms with Gasteiger partial charge in [-0.1, -0.05) is 30.3 Å². The smallest absolute Gasteiger partial charge is 0.327 e. The third-order valence-corrected chi connectivity index (χ3v) is 3.55. The topological polar surface area (TPSA) is 69.6 Å². The van der Waals surface area contributed by atoms with Crippen molar-refractivity contribution < 1.29 is 14.7 Å². The lowest BCUT2D eigenvalue weighted by Crippen LogP contribution is -2.56. The van der Waals surface area contributed by atoms with Gasteiger partial charge in [0.1, 0.15) is 6.04 Å². The summed E-state index contributed by atoms with van der Waals surface area (Å²) < 4.78 is 0. The molecular formula is C15H20N2O3. The van der Waals surface area contributed by atoms with Crippen LogP contribution in [0.15, 0.2) is 30.3 Å². The largest absolute Gasteiger partial charge is 0.480 e. The molecule has 108 valence electrons. The monoisotopic (exact) mass is 276 g/mol. The number of carboxylic acids is 1. The molecule has 1 fully saturated rings. The molecular weight excluding hydrogens is 256 g/mol. The zero-order valence-corrected chi connectivity index (χ0v) is 11.4. The first-order valence-electron chi connectivity index (χ1n) is 6.95. The Bertz CT molecular complexity index is 461. The molecule has 0 radical (unpaired) electrons. The van der Waals surface area contributed by atoms with Gasteiger partial charge in [0.25, 0.3) is 0 Å². The first-order valence-corrected chi connectivity index (χ1v) is 6.95. The quantitative estimate of drug-likeness (QED) is 0.838. The number of amides is 1. The number of hydrogen-bond donors (Lipinski definition) is 2. The molecule has 0 spiro atoms. The number of hydrogen-bond acceptors (Lipinski definition) is 3. The van der Waals surface area contributed by atoms with Gasteiger partial charge in [0, 0.05) is 26.1 Å². The van der Waals surface area contributed by atoms with Gasteiger partial charge >= 0.3 is 5.97 Å². The van der Waals surface area contributed by atoms with Crippen LogP contribution < -0.4 is 5.32 Å². The van der Waals surface area contributed by atoms with E-state index >= 15 is 0 Å². The summed E-state index contributed by atoms with van der Waals surface area (Å²) in [4.78, 5) is 24.8. The molecule has 1 aliphatic heterocycles. The maximum Gasteiger partial charge on any atom is 0.327 e. The van der Waals surface area contributed by atoms with Gasteiger partial charge in [-0.25, -0.2) is 4.79 Å². The molecule has 1 aromatic carbocycles. The predicted molar refractivity (Wildman–Crippen MR) is 75.4 cm³/mol. The number of rotatable bonds is 5. The second-order valence-corrected chi connectivity index (χ2v) is 4.98. The van der Waals surface area contributed by atoms with Crippen molar-refractivity contribution in [3.05, 3.63) is 35.9 Å². The fourth-order valence-corrected chi connectivity index (χ4v) is 2.46. The fraction of sp³-hybridized carbons (Fsp3) is 0.467. The first kappa shape index (κ1) is 14.5. The van der Waals surface area contributed by atoms with Gasteiger partial charge in [-0.2, -0.15) is 0 Å². The summed E-state index contributed by atoms with van der Waals surface area (Å²) in [5.41, 5.74) is 1.20. The molecule has 1 saturated heterocycles. The lowest BCUT2D eigenvalue weighted by molar-refractivity contribution is -0.151. The number of nitrogens with one attached hydrogen (secondary N) is 1. The van der Waals surface area contributed by atoms with Gasteiger partial charge in [-0.3, -0.25) is 4.79 Å². The van der Waals surface area contributed by atoms with E-state index in [9.17, 15) is 9.59 Å². The average Bonchev–Trinajstić information content (AvgIpc) is 2.48. The average molecular weight is 276 g/mol. The Balaban J connectivity index is 1.83. The zero-order valence-electron chi connectivity index (χ0n) is 11.4. The molecule has 20 heavy (non-hydrogen) atoms. The van der Waals surface area contributed by atoms with E-state index < -0.39 is 12.0 Å². The number of carboxylic acid groups (broad SMARTS) is 1. The van der Waals surface area contributed by atoms with Crippen molar-refractivity contribution in [1.82, 2.24) is 10.2 Å². The highest BCUT2D eigenvalue weighted by Crippen LogP contribution is 2.10. The summed E-state index contributed by atoms with van der Waals surface area (Å²) in [6.45, 7) is 1.47. The number of aryl methyl sites for hydroxylation is 1. The van der Waals surface area contributed by atoms with Crippen LogP contribution >= 0.6 is 0 Å². The van der Waals surface area contributed by atoms with Crippen molar-refractivity contribution in [2.45, 2.75) is 25.3 Å². The summed E-state index contributed by atoms with van der Waals surface area (Å²) in [5, 5.41) is 12.1. The maximum atomic E-state index is 12.1. The third kappa shape index (κ3) is 3.81. The van der Waals surface area contributed by atoms with Crippen LogP contribution in [0, 0.1) is 0 Å². The maximum absolute atomic E-state index is 12.1. The van der Waals surface area contributed by atoms with Crippen LogP contribution in [0.3, 0.4) is 0 Å². The van der Waals surface area contributed by atoms with E-state index in [0.717, 1.165) is 12.8 Å². The summed E-state index contributed by atoms with van der Waals surface area (Å²) in [5.74, 6) is -0.997. The number of benzene rings is 1. The van der Waals surface area contributed by atoms with Gasteiger partial charge in [0.15, 0.2) is 0 Å². The standard InChI is InChI=1S/C15H20N2O3/c18-14(8-4-7-12-5-2-1-3-6-12)17-10-9-16-11-13(17)15(19)20/h1-3,5-6,13,16H,4,7-11H2,(H,19,20). The Hall–Kier alpha value is -1.88. The SMILES string of the molecule is O=C(O)C1CNCCN1C(=O)CCCc1ccccc1. The van der Waals surface area contributed by atoms with E-state index in [-0.39, 0.29) is 5.91 Å². The molecule has 2 rings (SSSR count). The van der Waals surface area contributed by atoms with Crippen molar-refractivity contribution >= 4 is 11.9 Å². The second kappa shape index (κ2) is 7.05. The molecule has 0 aliphatic carbocycles. The molecule has 1 unspecified atom stereocenters. The zero-order chi connectivity index (χ0) is 14.4. The molecule has 5 nitrogen and oxygen atoms in total. The molecule has 1 atom stereocenters. The van der Waals surface area contributed by atoms with Crippen molar-refractivity contribution in [2.75, 3.05) is 19.6 Å². The van der Waals surface area contributed by atoms with Gasteiger partial charge in [0.05, 0.1) is 0 Å². The molecule has 2 N–H and O–H groups in total. The molecule has 5 heteroatoms. The van der Waals surface area contributed by atoms with E-state index in [0.29, 0.717) is 26.1 Å². The van der Waals surface area contributed by atoms with Crippen molar-refractivity contribution in [3.63, 3.8) is 0 Å². The summed E-state index contributed by atoms with van der Waals surface area (Å²) in [7, 11) is 0. The van der Waals surface area contributed by atoms with Gasteiger partial charge in [-0.05, 0) is 18.4 Å². The molecule has 1 heterocycles. The number of piperazine rings is 1. The van der Waals surface area contributed by atoms with E-state index in [1.54, 1.807) is 0 Å². The number of aliphatic carboxylic acids is 1. The summed E-state index contributed by atoms with van der Waals surface area (Å²) in [6.07, 6.45) is 1.99. The van der Waals surface area contributed by atoms with E-state index in [4.69, 9.17) is 5.11 Å². The fourth-order valence-electron chi connectivity index (χ4n) is 2.46. The van der Waals surface area contributed by atoms with Crippen LogP contribution in [-0.4, -0.2) is 47.6 Å². The first-order chi connectivity index (χ1) is 9.68. The molecule has 0 bridgehead atoms. The Morgan fingerprint density at radius 1 is 1.30 bits per heavy atom. The molecule has 0 aromatic heterocycles. The van der Waals surface area contributed by atoms with Crippen LogP contribution in [0.5, 0.6) is 0 Å². The lowest BCUT2D eigenvalue weighted by atomic mass is 10.1. The van der Waals surface area contributed by atoms with Crippen LogP contribution in [0.4, 0.5) is 0 Å². The Morgan fingerprint density at radius 2 is 2.05 bits per heavy atom. The number of carbonyl (C=O) groups excluding carboxylic acids is 1. The van der Waals surface area contributed by atoms with Crippen LogP contribution in [0.2, 0.25) is 0 Å². The number of nitrogens with zero attached hydrogens (tertiary/aromatic N) is 1. The molecule has 1 aromatic rings. The summed E-state index contributed by atoms with van der Waals surface area (Å²) in [6, 6.07) is 9.27. The highest BCUT2D eigenvalue weighted by atomic mass is 16.4. The third-order valence-electron chi connectivity index (χ3n) is 3.55. The van der Waals surface area contributed by atoms with Crippen LogP contribution in [0.25, 0.3) is 0 Å². The van der Waals surface area contributed by atoms with Crippen molar-refractivity contribution in [3.8, 4) is 0 Å². The highest BCUT2D eigenvalue weighted by molar-refractivity contribution is 5.84. The summed E-state index contributed by atoms with van der Waals surface area (Å²) >= 11 is 0. The van der Waals surface area contributed by atoms with Crippen molar-refractivity contribution in [2.24, 2.45) is 0 Å². The van der Waals surface area contributed by atoms with Crippen LogP contribution in [-0.2, 0) is 16.0 Å². The Labute approximate surface area is 118 Å². The Kier molecular flexibility index (Phi) is 5.12. The Morgan fingerprint density at radius 3 is 2.75 bits per heavy atom. The predicted octanol–water partition coefficient (Wildman–Crippen LogP) is 0.894. The molecule has 0 saturated carbocycles. The highest BCUT2D eigenvalue weighted by Gasteiger charge is 2.31. The van der Waals surface area contributed by atoms with E-state index in [2.05, 4.69) is 5.32 Å². The minimum atomic E-state index is -0.936. The van der Waals surface area contributed by atoms with Gasteiger partial charge in [-0.15, -0.1) is 0 Å². The second-order valence-electron chi connectivity index (χ2n) is 4.98. The normalized spacial score (nSPS) is 18.8. The van der Waals surface area contributed by atoms with Gasteiger partial charge in [0.2, 0.25) is 5.91 Å². The minimum absolute atomic E-state index is 0.0603. The molecule has 1 aliphatic rings. The van der Waals surface area contributed by atoms with E-state index in [1.165, 1.54) is 10.5 Å². The van der Waals surface area contributed by atoms with Crippen LogP contribution in [0.1, 0.15) is 18.4 Å². The van der Waals surface area contributed by atoms with Gasteiger partial charge < -0.3 is 15.3 Å². The molecule has 1 amide bonds.